The van der Waals surface area contributed by atoms with Crippen molar-refractivity contribution in [2.45, 2.75) is 19.1 Å². The number of hydrogen-bond acceptors (Lipinski definition) is 5. The van der Waals surface area contributed by atoms with E-state index in [1.165, 1.54) is 0 Å². The summed E-state index contributed by atoms with van der Waals surface area (Å²) in [5.74, 6) is 1.10. The highest BCUT2D eigenvalue weighted by Gasteiger charge is 2.22. The molecule has 1 saturated heterocycles. The van der Waals surface area contributed by atoms with Crippen molar-refractivity contribution < 1.29 is 9.63 Å². The first-order valence-corrected chi connectivity index (χ1v) is 6.57. The molecule has 0 aliphatic carbocycles. The third kappa shape index (κ3) is 2.94. The molecule has 2 heterocycles. The number of likely N-dealkylation sites (tertiary alicyclic amines) is 1. The molecule has 5 nitrogen and oxygen atoms in total. The second-order valence-electron chi connectivity index (χ2n) is 4.70. The number of nitrogens with zero attached hydrogens (tertiary/aromatic N) is 3. The third-order valence-electron chi connectivity index (χ3n) is 3.16. The molecule has 3 rings (SSSR count). The summed E-state index contributed by atoms with van der Waals surface area (Å²) in [5, 5.41) is 14.1. The molecule has 6 heteroatoms. The summed E-state index contributed by atoms with van der Waals surface area (Å²) in [6, 6.07) is 7.35. The second-order valence-corrected chi connectivity index (χ2v) is 5.14. The van der Waals surface area contributed by atoms with Crippen molar-refractivity contribution in [2.24, 2.45) is 0 Å². The molecule has 0 spiro atoms. The topological polar surface area (TPSA) is 62.4 Å². The molecule has 100 valence electrons. The number of halogens is 1. The highest BCUT2D eigenvalue weighted by Crippen LogP contribution is 2.20. The van der Waals surface area contributed by atoms with Crippen LogP contribution in [0.15, 0.2) is 28.8 Å². The third-order valence-corrected chi connectivity index (χ3v) is 3.39. The second kappa shape index (κ2) is 5.28. The summed E-state index contributed by atoms with van der Waals surface area (Å²) < 4.78 is 5.23. The van der Waals surface area contributed by atoms with Crippen LogP contribution in [0.25, 0.3) is 11.4 Å². The lowest BCUT2D eigenvalue weighted by Crippen LogP contribution is -2.21. The Morgan fingerprint density at radius 1 is 1.47 bits per heavy atom. The zero-order valence-electron chi connectivity index (χ0n) is 10.3. The lowest BCUT2D eigenvalue weighted by molar-refractivity contribution is 0.169. The molecule has 1 aromatic carbocycles. The van der Waals surface area contributed by atoms with E-state index >= 15 is 0 Å². The largest absolute Gasteiger partial charge is 0.392 e. The SMILES string of the molecule is O[C@@H]1CCN(Cc2nc(-c3cccc(Cl)c3)no2)C1. The summed E-state index contributed by atoms with van der Waals surface area (Å²) in [5.41, 5.74) is 0.837. The summed E-state index contributed by atoms with van der Waals surface area (Å²) in [7, 11) is 0. The van der Waals surface area contributed by atoms with Crippen molar-refractivity contribution in [1.82, 2.24) is 15.0 Å². The molecule has 1 N–H and O–H groups in total. The summed E-state index contributed by atoms with van der Waals surface area (Å²) in [6.07, 6.45) is 0.560. The molecule has 1 aromatic heterocycles. The van der Waals surface area contributed by atoms with Gasteiger partial charge in [-0.2, -0.15) is 4.98 Å². The van der Waals surface area contributed by atoms with Crippen molar-refractivity contribution >= 4 is 11.6 Å². The van der Waals surface area contributed by atoms with E-state index < -0.39 is 0 Å². The minimum absolute atomic E-state index is 0.240. The van der Waals surface area contributed by atoms with Crippen LogP contribution >= 0.6 is 11.6 Å². The van der Waals surface area contributed by atoms with Gasteiger partial charge in [-0.05, 0) is 18.6 Å². The van der Waals surface area contributed by atoms with Gasteiger partial charge in [-0.25, -0.2) is 0 Å². The molecule has 1 aliphatic heterocycles. The van der Waals surface area contributed by atoms with Crippen LogP contribution in [0.3, 0.4) is 0 Å². The van der Waals surface area contributed by atoms with Crippen molar-refractivity contribution in [3.63, 3.8) is 0 Å². The van der Waals surface area contributed by atoms with Crippen molar-refractivity contribution in [3.05, 3.63) is 35.2 Å². The summed E-state index contributed by atoms with van der Waals surface area (Å²) >= 11 is 5.93. The molecule has 0 bridgehead atoms. The Hall–Kier alpha value is -1.43. The van der Waals surface area contributed by atoms with E-state index in [1.54, 1.807) is 12.1 Å². The van der Waals surface area contributed by atoms with Gasteiger partial charge in [0.2, 0.25) is 11.7 Å². The quantitative estimate of drug-likeness (QED) is 0.930. The minimum Gasteiger partial charge on any atom is -0.392 e. The van der Waals surface area contributed by atoms with Crippen LogP contribution in [0, 0.1) is 0 Å². The van der Waals surface area contributed by atoms with Gasteiger partial charge in [-0.1, -0.05) is 28.9 Å². The van der Waals surface area contributed by atoms with Gasteiger partial charge in [-0.3, -0.25) is 4.90 Å². The van der Waals surface area contributed by atoms with Gasteiger partial charge >= 0.3 is 0 Å². The minimum atomic E-state index is -0.240. The van der Waals surface area contributed by atoms with Gasteiger partial charge < -0.3 is 9.63 Å². The van der Waals surface area contributed by atoms with Gasteiger partial charge in [0, 0.05) is 23.7 Å². The molecule has 0 amide bonds. The maximum atomic E-state index is 9.47. The van der Waals surface area contributed by atoms with Crippen molar-refractivity contribution in [3.8, 4) is 11.4 Å². The Kier molecular flexibility index (Phi) is 3.50. The zero-order chi connectivity index (χ0) is 13.2. The van der Waals surface area contributed by atoms with Gasteiger partial charge in [0.15, 0.2) is 0 Å². The molecule has 2 aromatic rings. The van der Waals surface area contributed by atoms with Crippen molar-refractivity contribution in [1.29, 1.82) is 0 Å². The van der Waals surface area contributed by atoms with Crippen LogP contribution in [-0.4, -0.2) is 39.3 Å². The van der Waals surface area contributed by atoms with Crippen LogP contribution in [0.4, 0.5) is 0 Å². The smallest absolute Gasteiger partial charge is 0.241 e. The first kappa shape index (κ1) is 12.6. The average Bonchev–Trinajstić information content (AvgIpc) is 2.99. The van der Waals surface area contributed by atoms with Gasteiger partial charge in [0.1, 0.15) is 0 Å². The number of benzene rings is 1. The number of rotatable bonds is 3. The number of hydrogen-bond donors (Lipinski definition) is 1. The highest BCUT2D eigenvalue weighted by molar-refractivity contribution is 6.30. The molecule has 0 unspecified atom stereocenters. The fourth-order valence-corrected chi connectivity index (χ4v) is 2.40. The maximum absolute atomic E-state index is 9.47. The first-order chi connectivity index (χ1) is 9.20. The molecular weight excluding hydrogens is 266 g/mol. The summed E-state index contributed by atoms with van der Waals surface area (Å²) in [4.78, 5) is 6.45. The fourth-order valence-electron chi connectivity index (χ4n) is 2.21. The standard InChI is InChI=1S/C13H14ClN3O2/c14-10-3-1-2-9(6-10)13-15-12(19-16-13)8-17-5-4-11(18)7-17/h1-3,6,11,18H,4-5,7-8H2/t11-/m1/s1. The number of aromatic nitrogens is 2. The summed E-state index contributed by atoms with van der Waals surface area (Å²) in [6.45, 7) is 2.09. The van der Waals surface area contributed by atoms with Crippen LogP contribution in [0.2, 0.25) is 5.02 Å². The Bertz CT molecular complexity index is 573. The molecule has 0 radical (unpaired) electrons. The van der Waals surface area contributed by atoms with E-state index in [-0.39, 0.29) is 6.10 Å². The lowest BCUT2D eigenvalue weighted by Gasteiger charge is -2.10. The first-order valence-electron chi connectivity index (χ1n) is 6.19. The Labute approximate surface area is 115 Å². The lowest BCUT2D eigenvalue weighted by atomic mass is 10.2. The number of aliphatic hydroxyl groups is 1. The Morgan fingerprint density at radius 3 is 3.11 bits per heavy atom. The van der Waals surface area contributed by atoms with E-state index in [0.717, 1.165) is 18.5 Å². The molecule has 1 atom stereocenters. The average molecular weight is 280 g/mol. The van der Waals surface area contributed by atoms with Gasteiger partial charge in [0.25, 0.3) is 0 Å². The fraction of sp³-hybridized carbons (Fsp3) is 0.385. The molecule has 1 aliphatic rings. The van der Waals surface area contributed by atoms with Crippen LogP contribution in [-0.2, 0) is 6.54 Å². The van der Waals surface area contributed by atoms with E-state index in [2.05, 4.69) is 15.0 Å². The van der Waals surface area contributed by atoms with Crippen LogP contribution < -0.4 is 0 Å². The maximum Gasteiger partial charge on any atom is 0.241 e. The van der Waals surface area contributed by atoms with E-state index in [4.69, 9.17) is 16.1 Å². The van der Waals surface area contributed by atoms with E-state index in [1.807, 2.05) is 12.1 Å². The Morgan fingerprint density at radius 2 is 2.37 bits per heavy atom. The highest BCUT2D eigenvalue weighted by atomic mass is 35.5. The molecule has 1 fully saturated rings. The number of aliphatic hydroxyl groups excluding tert-OH is 1. The zero-order valence-corrected chi connectivity index (χ0v) is 11.0. The number of β-amino-alcohol motifs (C(OH)–C–C–N with tert-alkyl or cyclic N) is 1. The predicted molar refractivity (Wildman–Crippen MR) is 70.6 cm³/mol. The van der Waals surface area contributed by atoms with Gasteiger partial charge in [-0.15, -0.1) is 0 Å². The van der Waals surface area contributed by atoms with Crippen molar-refractivity contribution in [2.75, 3.05) is 13.1 Å². The molecule has 19 heavy (non-hydrogen) atoms. The van der Waals surface area contributed by atoms with Crippen LogP contribution in [0.1, 0.15) is 12.3 Å². The normalized spacial score (nSPS) is 20.0. The molecule has 0 saturated carbocycles. The molecular formula is C13H14ClN3O2. The van der Waals surface area contributed by atoms with E-state index in [9.17, 15) is 5.11 Å². The van der Waals surface area contributed by atoms with Gasteiger partial charge in [0.05, 0.1) is 12.6 Å². The monoisotopic (exact) mass is 279 g/mol. The Balaban J connectivity index is 1.73. The van der Waals surface area contributed by atoms with E-state index in [0.29, 0.717) is 29.8 Å². The predicted octanol–water partition coefficient (Wildman–Crippen LogP) is 1.96. The van der Waals surface area contributed by atoms with Crippen LogP contribution in [0.5, 0.6) is 0 Å².